The minimum absolute atomic E-state index is 0.223. The summed E-state index contributed by atoms with van der Waals surface area (Å²) in [6.45, 7) is 1.75. The maximum atomic E-state index is 13.1. The second-order valence-electron chi connectivity index (χ2n) is 8.44. The van der Waals surface area contributed by atoms with E-state index in [-0.39, 0.29) is 12.0 Å². The van der Waals surface area contributed by atoms with Crippen molar-refractivity contribution in [2.24, 2.45) is 0 Å². The number of nitrogens with zero attached hydrogens (tertiary/aromatic N) is 2. The fourth-order valence-electron chi connectivity index (χ4n) is 3.99. The molecule has 5 aromatic rings. The molecule has 3 heterocycles. The summed E-state index contributed by atoms with van der Waals surface area (Å²) in [6, 6.07) is 16.9. The molecule has 0 aliphatic rings. The van der Waals surface area contributed by atoms with E-state index in [9.17, 15) is 9.59 Å². The van der Waals surface area contributed by atoms with Crippen molar-refractivity contribution in [1.82, 2.24) is 9.97 Å². The van der Waals surface area contributed by atoms with Crippen molar-refractivity contribution in [2.45, 2.75) is 19.4 Å². The van der Waals surface area contributed by atoms with Crippen molar-refractivity contribution in [1.29, 1.82) is 0 Å². The number of furan rings is 2. The minimum atomic E-state index is -1.04. The number of anilines is 1. The number of esters is 1. The van der Waals surface area contributed by atoms with Crippen LogP contribution in [0.15, 0.2) is 82.0 Å². The minimum Gasteiger partial charge on any atom is -0.497 e. The first-order valence-corrected chi connectivity index (χ1v) is 12.1. The zero-order valence-electron chi connectivity index (χ0n) is 21.5. The number of aromatic nitrogens is 2. The first kappa shape index (κ1) is 25.5. The Balaban J connectivity index is 1.39. The van der Waals surface area contributed by atoms with Crippen molar-refractivity contribution < 1.29 is 32.6 Å². The van der Waals surface area contributed by atoms with Crippen LogP contribution in [0.2, 0.25) is 0 Å². The van der Waals surface area contributed by atoms with E-state index >= 15 is 0 Å². The second kappa shape index (κ2) is 11.1. The molecular formula is C29H25N3O7. The van der Waals surface area contributed by atoms with Crippen LogP contribution in [0.5, 0.6) is 11.5 Å². The van der Waals surface area contributed by atoms with E-state index in [2.05, 4.69) is 5.32 Å². The van der Waals surface area contributed by atoms with Crippen LogP contribution in [0.1, 0.15) is 23.7 Å². The number of ether oxygens (including phenoxy) is 3. The Bertz CT molecular complexity index is 1610. The summed E-state index contributed by atoms with van der Waals surface area (Å²) in [6.07, 6.45) is 2.32. The number of nitrogens with one attached hydrogen (secondary N) is 1. The van der Waals surface area contributed by atoms with Crippen molar-refractivity contribution >= 4 is 28.6 Å². The van der Waals surface area contributed by atoms with Gasteiger partial charge in [0.1, 0.15) is 22.9 Å². The normalized spacial score (nSPS) is 11.7. The van der Waals surface area contributed by atoms with E-state index in [1.165, 1.54) is 14.2 Å². The Morgan fingerprint density at radius 3 is 2.15 bits per heavy atom. The average molecular weight is 528 g/mol. The van der Waals surface area contributed by atoms with Crippen molar-refractivity contribution in [3.05, 3.63) is 78.8 Å². The third-order valence-corrected chi connectivity index (χ3v) is 5.99. The highest BCUT2D eigenvalue weighted by molar-refractivity contribution is 5.99. The van der Waals surface area contributed by atoms with Gasteiger partial charge in [-0.2, -0.15) is 0 Å². The highest BCUT2D eigenvalue weighted by Crippen LogP contribution is 2.32. The largest absolute Gasteiger partial charge is 0.497 e. The van der Waals surface area contributed by atoms with E-state index in [1.54, 1.807) is 80.1 Å². The molecule has 10 heteroatoms. The number of hydrogen-bond donors (Lipinski definition) is 1. The smallest absolute Gasteiger partial charge is 0.338 e. The van der Waals surface area contributed by atoms with Gasteiger partial charge in [0.2, 0.25) is 0 Å². The van der Waals surface area contributed by atoms with Gasteiger partial charge in [-0.15, -0.1) is 0 Å². The van der Waals surface area contributed by atoms with Gasteiger partial charge in [-0.25, -0.2) is 14.8 Å². The van der Waals surface area contributed by atoms with Gasteiger partial charge >= 0.3 is 5.97 Å². The van der Waals surface area contributed by atoms with E-state index in [1.807, 2.05) is 0 Å². The number of amides is 1. The van der Waals surface area contributed by atoms with E-state index in [0.29, 0.717) is 51.1 Å². The Kier molecular flexibility index (Phi) is 7.26. The first-order valence-electron chi connectivity index (χ1n) is 12.1. The number of fused-ring (bicyclic) bond motifs is 1. The molecule has 2 aromatic carbocycles. The molecule has 0 aliphatic carbocycles. The Morgan fingerprint density at radius 2 is 1.56 bits per heavy atom. The molecule has 1 atom stereocenters. The number of benzene rings is 2. The summed E-state index contributed by atoms with van der Waals surface area (Å²) < 4.78 is 27.2. The van der Waals surface area contributed by atoms with Gasteiger partial charge < -0.3 is 28.4 Å². The predicted molar refractivity (Wildman–Crippen MR) is 143 cm³/mol. The summed E-state index contributed by atoms with van der Waals surface area (Å²) in [5.41, 5.74) is 2.62. The van der Waals surface area contributed by atoms with Crippen molar-refractivity contribution in [3.8, 4) is 34.4 Å². The molecule has 5 rings (SSSR count). The Hall–Kier alpha value is -5.12. The number of carbonyl (C=O) groups excluding carboxylic acids is 2. The molecule has 10 nitrogen and oxygen atoms in total. The van der Waals surface area contributed by atoms with Crippen LogP contribution in [-0.4, -0.2) is 42.2 Å². The third kappa shape index (κ3) is 5.30. The SMILES string of the molecule is CCC(OC(=O)c1ccc2nc(-c3ccco3)c(-c3ccco3)nc2c1)C(=O)Nc1ccc(OC)cc1OC. The standard InChI is InChI=1S/C29H25N3O7/c1-4-22(28(33)32-20-12-10-18(35-2)16-25(20)36-3)39-29(34)17-9-11-19-21(15-17)31-27(24-8-6-14-38-24)26(30-19)23-7-5-13-37-23/h5-16,22H,4H2,1-3H3,(H,32,33). The zero-order valence-corrected chi connectivity index (χ0v) is 21.5. The first-order chi connectivity index (χ1) is 19.0. The second-order valence-corrected chi connectivity index (χ2v) is 8.44. The summed E-state index contributed by atoms with van der Waals surface area (Å²) in [7, 11) is 3.02. The molecule has 0 fully saturated rings. The van der Waals surface area contributed by atoms with Gasteiger partial charge in [-0.1, -0.05) is 6.92 Å². The van der Waals surface area contributed by atoms with Crippen LogP contribution >= 0.6 is 0 Å². The maximum Gasteiger partial charge on any atom is 0.338 e. The highest BCUT2D eigenvalue weighted by Gasteiger charge is 2.24. The van der Waals surface area contributed by atoms with Crippen LogP contribution < -0.4 is 14.8 Å². The lowest BCUT2D eigenvalue weighted by Gasteiger charge is -2.18. The molecule has 0 saturated heterocycles. The number of carbonyl (C=O) groups is 2. The maximum absolute atomic E-state index is 13.1. The van der Waals surface area contributed by atoms with Gasteiger partial charge in [0.15, 0.2) is 17.6 Å². The molecule has 1 unspecified atom stereocenters. The van der Waals surface area contributed by atoms with Crippen molar-refractivity contribution in [2.75, 3.05) is 19.5 Å². The van der Waals surface area contributed by atoms with E-state index in [4.69, 9.17) is 33.0 Å². The summed E-state index contributed by atoms with van der Waals surface area (Å²) in [5, 5.41) is 2.75. The molecule has 39 heavy (non-hydrogen) atoms. The number of methoxy groups -OCH3 is 2. The fourth-order valence-corrected chi connectivity index (χ4v) is 3.99. The molecule has 0 bridgehead atoms. The quantitative estimate of drug-likeness (QED) is 0.239. The number of rotatable bonds is 9. The van der Waals surface area contributed by atoms with E-state index in [0.717, 1.165) is 0 Å². The van der Waals surface area contributed by atoms with Gasteiger partial charge in [0.25, 0.3) is 5.91 Å². The Labute approximate surface area is 223 Å². The molecule has 0 spiro atoms. The monoisotopic (exact) mass is 527 g/mol. The van der Waals surface area contributed by atoms with Crippen LogP contribution in [0.25, 0.3) is 33.9 Å². The van der Waals surface area contributed by atoms with E-state index < -0.39 is 18.0 Å². The average Bonchev–Trinajstić information content (AvgIpc) is 3.70. The topological polar surface area (TPSA) is 126 Å². The molecule has 0 radical (unpaired) electrons. The molecule has 3 aromatic heterocycles. The number of hydrogen-bond acceptors (Lipinski definition) is 9. The predicted octanol–water partition coefficient (Wildman–Crippen LogP) is 5.74. The Morgan fingerprint density at radius 1 is 0.872 bits per heavy atom. The lowest BCUT2D eigenvalue weighted by molar-refractivity contribution is -0.124. The highest BCUT2D eigenvalue weighted by atomic mass is 16.5. The lowest BCUT2D eigenvalue weighted by atomic mass is 10.1. The van der Waals surface area contributed by atoms with Gasteiger partial charge in [-0.05, 0) is 61.0 Å². The van der Waals surface area contributed by atoms with Crippen LogP contribution in [0.3, 0.4) is 0 Å². The van der Waals surface area contributed by atoms with Gasteiger partial charge in [-0.3, -0.25) is 4.79 Å². The summed E-state index contributed by atoms with van der Waals surface area (Å²) >= 11 is 0. The molecule has 0 saturated carbocycles. The molecule has 1 amide bonds. The summed E-state index contributed by atoms with van der Waals surface area (Å²) in [4.78, 5) is 35.4. The molecule has 0 aliphatic heterocycles. The summed E-state index contributed by atoms with van der Waals surface area (Å²) in [5.74, 6) is 0.868. The van der Waals surface area contributed by atoms with Crippen LogP contribution in [-0.2, 0) is 9.53 Å². The third-order valence-electron chi connectivity index (χ3n) is 5.99. The molecule has 198 valence electrons. The zero-order chi connectivity index (χ0) is 27.4. The van der Waals surface area contributed by atoms with Gasteiger partial charge in [0.05, 0.1) is 49.0 Å². The molecular weight excluding hydrogens is 502 g/mol. The lowest BCUT2D eigenvalue weighted by Crippen LogP contribution is -2.32. The molecule has 1 N–H and O–H groups in total. The van der Waals surface area contributed by atoms with Crippen LogP contribution in [0.4, 0.5) is 5.69 Å². The van der Waals surface area contributed by atoms with Crippen LogP contribution in [0, 0.1) is 0 Å². The van der Waals surface area contributed by atoms with Crippen molar-refractivity contribution in [3.63, 3.8) is 0 Å². The fraction of sp³-hybridized carbons (Fsp3) is 0.172. The van der Waals surface area contributed by atoms with Gasteiger partial charge in [0, 0.05) is 6.07 Å².